The predicted octanol–water partition coefficient (Wildman–Crippen LogP) is 15.2. The molecule has 10 aromatic rings. The quantitative estimate of drug-likeness (QED) is 0.145. The van der Waals surface area contributed by atoms with Crippen molar-refractivity contribution >= 4 is 22.4 Å². The van der Waals surface area contributed by atoms with Crippen LogP contribution in [0.5, 0.6) is 0 Å². The van der Waals surface area contributed by atoms with Crippen LogP contribution in [0.4, 0.5) is 0 Å². The van der Waals surface area contributed by atoms with Crippen LogP contribution in [0.2, 0.25) is 0 Å². The first kappa shape index (κ1) is 43.0. The second kappa shape index (κ2) is 18.2. The van der Waals surface area contributed by atoms with Gasteiger partial charge < -0.3 is 4.90 Å². The number of aliphatic imine (C=N–C) groups is 2. The molecule has 332 valence electrons. The van der Waals surface area contributed by atoms with E-state index in [1.54, 1.807) is 0 Å². The lowest BCUT2D eigenvalue weighted by molar-refractivity contribution is 0.383. The number of hydrogen-bond donors (Lipinski definition) is 0. The molecule has 6 heteroatoms. The van der Waals surface area contributed by atoms with Crippen molar-refractivity contribution in [1.29, 1.82) is 0 Å². The van der Waals surface area contributed by atoms with Crippen LogP contribution in [-0.4, -0.2) is 38.6 Å². The van der Waals surface area contributed by atoms with Crippen LogP contribution < -0.4 is 0 Å². The van der Waals surface area contributed by atoms with Gasteiger partial charge in [0, 0.05) is 34.9 Å². The van der Waals surface area contributed by atoms with E-state index in [2.05, 4.69) is 215 Å². The summed E-state index contributed by atoms with van der Waals surface area (Å²) in [7, 11) is 2.10. The van der Waals surface area contributed by atoms with Crippen molar-refractivity contribution in [3.63, 3.8) is 0 Å². The minimum absolute atomic E-state index is 0.0264. The second-order valence-corrected chi connectivity index (χ2v) is 18.5. The Labute approximate surface area is 404 Å². The van der Waals surface area contributed by atoms with Crippen LogP contribution in [0.15, 0.2) is 234 Å². The fourth-order valence-electron chi connectivity index (χ4n) is 9.35. The highest BCUT2D eigenvalue weighted by Gasteiger charge is 2.28. The Kier molecular flexibility index (Phi) is 11.4. The van der Waals surface area contributed by atoms with Crippen LogP contribution in [0.25, 0.3) is 78.3 Å². The number of fused-ring (bicyclic) bond motifs is 1. The molecule has 9 aromatic carbocycles. The highest BCUT2D eigenvalue weighted by molar-refractivity contribution is 6.19. The molecule has 0 spiro atoms. The first-order valence-electron chi connectivity index (χ1n) is 23.5. The Hall–Kier alpha value is -8.61. The van der Waals surface area contributed by atoms with Gasteiger partial charge in [-0.25, -0.2) is 24.9 Å². The molecule has 0 N–H and O–H groups in total. The lowest BCUT2D eigenvalue weighted by Crippen LogP contribution is -2.35. The van der Waals surface area contributed by atoms with Gasteiger partial charge in [-0.3, -0.25) is 0 Å². The average Bonchev–Trinajstić information content (AvgIpc) is 3.41. The molecule has 1 atom stereocenters. The molecule has 0 saturated heterocycles. The fourth-order valence-corrected chi connectivity index (χ4v) is 9.35. The molecule has 0 aliphatic carbocycles. The normalized spacial score (nSPS) is 13.8. The molecule has 0 amide bonds. The molecule has 1 aliphatic heterocycles. The lowest BCUT2D eigenvalue weighted by Gasteiger charge is -2.33. The number of benzene rings is 9. The largest absolute Gasteiger partial charge is 0.333 e. The van der Waals surface area contributed by atoms with Gasteiger partial charge in [0.2, 0.25) is 0 Å². The van der Waals surface area contributed by atoms with E-state index in [9.17, 15) is 0 Å². The van der Waals surface area contributed by atoms with Gasteiger partial charge in [-0.1, -0.05) is 239 Å². The van der Waals surface area contributed by atoms with E-state index in [4.69, 9.17) is 24.9 Å². The number of rotatable bonds is 9. The number of hydrogen-bond acceptors (Lipinski definition) is 6. The maximum atomic E-state index is 5.31. The Balaban J connectivity index is 1.04. The topological polar surface area (TPSA) is 66.6 Å². The van der Waals surface area contributed by atoms with Crippen LogP contribution in [0.1, 0.15) is 49.2 Å². The maximum Gasteiger partial charge on any atom is 0.164 e. The van der Waals surface area contributed by atoms with E-state index in [-0.39, 0.29) is 11.6 Å². The third-order valence-electron chi connectivity index (χ3n) is 13.0. The van der Waals surface area contributed by atoms with E-state index >= 15 is 0 Å². The van der Waals surface area contributed by atoms with Crippen molar-refractivity contribution in [2.75, 3.05) is 7.05 Å². The number of aromatic nitrogens is 3. The number of amidine groups is 2. The number of nitrogens with zero attached hydrogens (tertiary/aromatic N) is 6. The Morgan fingerprint density at radius 1 is 0.377 bits per heavy atom. The van der Waals surface area contributed by atoms with Crippen LogP contribution in [0.3, 0.4) is 0 Å². The summed E-state index contributed by atoms with van der Waals surface area (Å²) in [5.41, 5.74) is 13.8. The first-order chi connectivity index (χ1) is 33.8. The van der Waals surface area contributed by atoms with Gasteiger partial charge in [0.15, 0.2) is 23.3 Å². The van der Waals surface area contributed by atoms with Crippen molar-refractivity contribution in [1.82, 2.24) is 19.9 Å². The van der Waals surface area contributed by atoms with Crippen LogP contribution in [0, 0.1) is 0 Å². The molecule has 0 fully saturated rings. The smallest absolute Gasteiger partial charge is 0.164 e. The van der Waals surface area contributed by atoms with Crippen LogP contribution >= 0.6 is 0 Å². The fraction of sp³-hybridized carbons (Fsp3) is 0.0952. The molecule has 11 rings (SSSR count). The van der Waals surface area contributed by atoms with Gasteiger partial charge in [-0.05, 0) is 66.8 Å². The third-order valence-corrected chi connectivity index (χ3v) is 13.0. The summed E-state index contributed by atoms with van der Waals surface area (Å²) in [6, 6.07) is 78.7. The summed E-state index contributed by atoms with van der Waals surface area (Å²) in [5.74, 6) is 3.47. The highest BCUT2D eigenvalue weighted by atomic mass is 15.3. The summed E-state index contributed by atoms with van der Waals surface area (Å²) >= 11 is 0. The van der Waals surface area contributed by atoms with Crippen molar-refractivity contribution < 1.29 is 0 Å². The highest BCUT2D eigenvalue weighted by Crippen LogP contribution is 2.42. The van der Waals surface area contributed by atoms with Crippen molar-refractivity contribution in [3.05, 3.63) is 247 Å². The third kappa shape index (κ3) is 8.53. The zero-order chi connectivity index (χ0) is 46.9. The summed E-state index contributed by atoms with van der Waals surface area (Å²) in [6.45, 7) is 6.69. The van der Waals surface area contributed by atoms with Crippen LogP contribution in [-0.2, 0) is 5.41 Å². The molecule has 2 heterocycles. The Morgan fingerprint density at radius 2 is 0.855 bits per heavy atom. The van der Waals surface area contributed by atoms with Gasteiger partial charge in [0.05, 0.1) is 0 Å². The average molecular weight is 891 g/mol. The molecule has 0 saturated carbocycles. The predicted molar refractivity (Wildman–Crippen MR) is 285 cm³/mol. The monoisotopic (exact) mass is 890 g/mol. The summed E-state index contributed by atoms with van der Waals surface area (Å²) in [4.78, 5) is 28.2. The lowest BCUT2D eigenvalue weighted by atomic mass is 9.86. The summed E-state index contributed by atoms with van der Waals surface area (Å²) < 4.78 is 0. The summed E-state index contributed by atoms with van der Waals surface area (Å²) in [6.07, 6.45) is -0.249. The zero-order valence-corrected chi connectivity index (χ0v) is 39.1. The summed E-state index contributed by atoms with van der Waals surface area (Å²) in [5, 5.41) is 2.25. The zero-order valence-electron chi connectivity index (χ0n) is 39.1. The van der Waals surface area contributed by atoms with Gasteiger partial charge >= 0.3 is 0 Å². The molecule has 1 unspecified atom stereocenters. The van der Waals surface area contributed by atoms with E-state index in [0.29, 0.717) is 23.3 Å². The minimum Gasteiger partial charge on any atom is -0.333 e. The van der Waals surface area contributed by atoms with Crippen molar-refractivity contribution in [3.8, 4) is 67.5 Å². The molecule has 0 bridgehead atoms. The van der Waals surface area contributed by atoms with Gasteiger partial charge in [-0.15, -0.1) is 0 Å². The molecular formula is C63H50N6. The van der Waals surface area contributed by atoms with E-state index in [1.165, 1.54) is 5.56 Å². The Morgan fingerprint density at radius 3 is 1.49 bits per heavy atom. The molecule has 1 aromatic heterocycles. The molecule has 1 aliphatic rings. The standard InChI is InChI=1S/C63H50N6/c1-63(2,3)48-36-33-45(34-37-48)58-64-57(43-23-11-6-12-24-43)65-60(66-58)54-32-20-17-29-49(54)47-35-38-53(56(41-47)42-21-9-5-10-22-42)52-39-40-55(51-31-19-18-30-50(51)52)62-68-59(44-25-13-7-14-26-44)67-61(69(62)4)46-27-15-8-16-28-46/h5-41,61H,1-4H3. The van der Waals surface area contributed by atoms with Gasteiger partial charge in [-0.2, -0.15) is 0 Å². The van der Waals surface area contributed by atoms with Gasteiger partial charge in [0.25, 0.3) is 0 Å². The van der Waals surface area contributed by atoms with E-state index in [0.717, 1.165) is 83.4 Å². The van der Waals surface area contributed by atoms with E-state index < -0.39 is 0 Å². The Bertz CT molecular complexity index is 3520. The molecule has 6 nitrogen and oxygen atoms in total. The minimum atomic E-state index is -0.249. The molecule has 0 radical (unpaired) electrons. The first-order valence-corrected chi connectivity index (χ1v) is 23.5. The molecule has 69 heavy (non-hydrogen) atoms. The van der Waals surface area contributed by atoms with Crippen molar-refractivity contribution in [2.45, 2.75) is 32.4 Å². The van der Waals surface area contributed by atoms with Gasteiger partial charge in [0.1, 0.15) is 12.0 Å². The maximum absolute atomic E-state index is 5.31. The SMILES string of the molecule is CN1C(c2ccc(-c3ccc(-c4ccccc4-c4nc(-c5ccccc5)nc(-c5ccc(C(C)(C)C)cc5)n4)cc3-c3ccccc3)c3ccccc23)=NC(c2ccccc2)=NC1c1ccccc1. The van der Waals surface area contributed by atoms with E-state index in [1.807, 2.05) is 42.5 Å². The second-order valence-electron chi connectivity index (χ2n) is 18.5. The molecular weight excluding hydrogens is 841 g/mol. The van der Waals surface area contributed by atoms with Crippen molar-refractivity contribution in [2.24, 2.45) is 9.98 Å².